The number of hydrogen-bond acceptors (Lipinski definition) is 3. The zero-order chi connectivity index (χ0) is 24.2. The first kappa shape index (κ1) is 23.4. The van der Waals surface area contributed by atoms with E-state index < -0.39 is 11.6 Å². The normalized spacial score (nSPS) is 14.1. The lowest BCUT2D eigenvalue weighted by molar-refractivity contribution is 0.0670. The Morgan fingerprint density at radius 1 is 1.00 bits per heavy atom. The molecule has 0 radical (unpaired) electrons. The number of aryl methyl sites for hydroxylation is 1. The number of likely N-dealkylation sites (tertiary alicyclic amines) is 1. The summed E-state index contributed by atoms with van der Waals surface area (Å²) in [6.45, 7) is 2.95. The van der Waals surface area contributed by atoms with Crippen molar-refractivity contribution in [2.75, 3.05) is 25.5 Å². The van der Waals surface area contributed by atoms with Gasteiger partial charge in [-0.25, -0.2) is 13.6 Å². The van der Waals surface area contributed by atoms with E-state index in [0.717, 1.165) is 6.07 Å². The Labute approximate surface area is 197 Å². The first-order valence-corrected chi connectivity index (χ1v) is 11.1. The molecule has 0 unspecified atom stereocenters. The van der Waals surface area contributed by atoms with E-state index in [1.165, 1.54) is 12.1 Å². The number of carbonyl (C=O) groups excluding carboxylic acids is 2. The third-order valence-corrected chi connectivity index (χ3v) is 6.19. The van der Waals surface area contributed by atoms with Gasteiger partial charge in [0.25, 0.3) is 5.91 Å². The number of carbonyl (C=O) groups is 2. The second-order valence-electron chi connectivity index (χ2n) is 8.44. The highest BCUT2D eigenvalue weighted by Gasteiger charge is 2.28. The summed E-state index contributed by atoms with van der Waals surface area (Å²) in [5.41, 5.74) is 2.97. The summed E-state index contributed by atoms with van der Waals surface area (Å²) in [6.07, 6.45) is 3.03. The number of hydrogen-bond donors (Lipinski definition) is 1. The lowest BCUT2D eigenvalue weighted by Gasteiger charge is -2.36. The standard InChI is InChI=1S/C26H26F2N4O2/c1-17-24(4-3-11-29-17)25(33)32-12-9-23(10-13-32)31(2)26(34)30-22-7-5-18(6-8-22)19-14-20(27)16-21(28)15-19/h3-8,11,14-16,23H,9-10,12-13H2,1-2H3,(H,30,34). The molecule has 4 rings (SSSR count). The molecule has 34 heavy (non-hydrogen) atoms. The van der Waals surface area contributed by atoms with E-state index in [-0.39, 0.29) is 18.0 Å². The quantitative estimate of drug-likeness (QED) is 0.584. The monoisotopic (exact) mass is 464 g/mol. The smallest absolute Gasteiger partial charge is 0.321 e. The molecule has 1 aromatic heterocycles. The fraction of sp³-hybridized carbons (Fsp3) is 0.269. The van der Waals surface area contributed by atoms with E-state index >= 15 is 0 Å². The van der Waals surface area contributed by atoms with Gasteiger partial charge in [0, 0.05) is 49.8 Å². The molecular formula is C26H26F2N4O2. The summed E-state index contributed by atoms with van der Waals surface area (Å²) in [4.78, 5) is 33.2. The summed E-state index contributed by atoms with van der Waals surface area (Å²) in [5, 5.41) is 2.86. The molecule has 0 aliphatic carbocycles. The molecule has 8 heteroatoms. The van der Waals surface area contributed by atoms with Crippen LogP contribution < -0.4 is 5.32 Å². The average molecular weight is 465 g/mol. The molecule has 1 aliphatic rings. The average Bonchev–Trinajstić information content (AvgIpc) is 2.83. The molecule has 2 heterocycles. The summed E-state index contributed by atoms with van der Waals surface area (Å²) < 4.78 is 27.0. The van der Waals surface area contributed by atoms with E-state index in [1.54, 1.807) is 59.4 Å². The molecule has 1 aliphatic heterocycles. The molecule has 0 saturated carbocycles. The molecule has 3 aromatic rings. The lowest BCUT2D eigenvalue weighted by Crippen LogP contribution is -2.48. The van der Waals surface area contributed by atoms with Crippen LogP contribution >= 0.6 is 0 Å². The summed E-state index contributed by atoms with van der Waals surface area (Å²) >= 11 is 0. The van der Waals surface area contributed by atoms with Crippen LogP contribution in [0.5, 0.6) is 0 Å². The van der Waals surface area contributed by atoms with Crippen molar-refractivity contribution >= 4 is 17.6 Å². The van der Waals surface area contributed by atoms with Crippen LogP contribution in [0.25, 0.3) is 11.1 Å². The second-order valence-corrected chi connectivity index (χ2v) is 8.44. The number of piperidine rings is 1. The van der Waals surface area contributed by atoms with Gasteiger partial charge in [0.15, 0.2) is 0 Å². The van der Waals surface area contributed by atoms with Crippen molar-refractivity contribution in [1.29, 1.82) is 0 Å². The Kier molecular flexibility index (Phi) is 6.86. The zero-order valence-corrected chi connectivity index (χ0v) is 19.1. The van der Waals surface area contributed by atoms with Crippen molar-refractivity contribution in [2.45, 2.75) is 25.8 Å². The Bertz CT molecular complexity index is 1170. The second kappa shape index (κ2) is 9.99. The van der Waals surface area contributed by atoms with Crippen molar-refractivity contribution in [3.63, 3.8) is 0 Å². The van der Waals surface area contributed by atoms with Crippen molar-refractivity contribution in [2.24, 2.45) is 0 Å². The fourth-order valence-electron chi connectivity index (χ4n) is 4.18. The van der Waals surface area contributed by atoms with Gasteiger partial charge >= 0.3 is 6.03 Å². The third-order valence-electron chi connectivity index (χ3n) is 6.19. The van der Waals surface area contributed by atoms with Crippen LogP contribution in [0.15, 0.2) is 60.8 Å². The van der Waals surface area contributed by atoms with E-state index in [1.807, 2.05) is 6.92 Å². The molecule has 6 nitrogen and oxygen atoms in total. The molecule has 1 N–H and O–H groups in total. The van der Waals surface area contributed by atoms with Gasteiger partial charge in [0.05, 0.1) is 5.56 Å². The van der Waals surface area contributed by atoms with Crippen LogP contribution in [0.1, 0.15) is 28.9 Å². The Balaban J connectivity index is 1.33. The van der Waals surface area contributed by atoms with Crippen LogP contribution in [0.2, 0.25) is 0 Å². The van der Waals surface area contributed by atoms with E-state index in [0.29, 0.717) is 54.0 Å². The van der Waals surface area contributed by atoms with Crippen LogP contribution in [-0.4, -0.2) is 52.9 Å². The number of rotatable bonds is 4. The summed E-state index contributed by atoms with van der Waals surface area (Å²) in [6, 6.07) is 13.4. The minimum atomic E-state index is -0.641. The van der Waals surface area contributed by atoms with Crippen molar-refractivity contribution < 1.29 is 18.4 Å². The highest BCUT2D eigenvalue weighted by molar-refractivity contribution is 5.95. The molecule has 0 atom stereocenters. The van der Waals surface area contributed by atoms with Gasteiger partial charge in [-0.05, 0) is 67.3 Å². The molecule has 3 amide bonds. The molecule has 2 aromatic carbocycles. The van der Waals surface area contributed by atoms with Gasteiger partial charge in [0.1, 0.15) is 11.6 Å². The predicted octanol–water partition coefficient (Wildman–Crippen LogP) is 5.10. The minimum absolute atomic E-state index is 0.00795. The zero-order valence-electron chi connectivity index (χ0n) is 19.1. The number of anilines is 1. The minimum Gasteiger partial charge on any atom is -0.338 e. The van der Waals surface area contributed by atoms with Crippen molar-refractivity contribution in [3.05, 3.63) is 83.7 Å². The molecule has 1 fully saturated rings. The topological polar surface area (TPSA) is 65.5 Å². The van der Waals surface area contributed by atoms with Crippen molar-refractivity contribution in [1.82, 2.24) is 14.8 Å². The number of nitrogens with zero attached hydrogens (tertiary/aromatic N) is 3. The molecule has 176 valence electrons. The molecule has 0 spiro atoms. The maximum absolute atomic E-state index is 13.5. The highest BCUT2D eigenvalue weighted by atomic mass is 19.1. The van der Waals surface area contributed by atoms with Crippen molar-refractivity contribution in [3.8, 4) is 11.1 Å². The Morgan fingerprint density at radius 2 is 1.65 bits per heavy atom. The Hall–Kier alpha value is -3.81. The van der Waals surface area contributed by atoms with Gasteiger partial charge in [-0.1, -0.05) is 12.1 Å². The number of benzene rings is 2. The van der Waals surface area contributed by atoms with Gasteiger partial charge in [0.2, 0.25) is 0 Å². The maximum atomic E-state index is 13.5. The number of halogens is 2. The van der Waals surface area contributed by atoms with Crippen LogP contribution in [0.4, 0.5) is 19.3 Å². The molecule has 1 saturated heterocycles. The highest BCUT2D eigenvalue weighted by Crippen LogP contribution is 2.24. The number of urea groups is 1. The SMILES string of the molecule is Cc1ncccc1C(=O)N1CCC(N(C)C(=O)Nc2ccc(-c3cc(F)cc(F)c3)cc2)CC1. The van der Waals surface area contributed by atoms with Gasteiger partial charge < -0.3 is 15.1 Å². The summed E-state index contributed by atoms with van der Waals surface area (Å²) in [7, 11) is 1.74. The number of aromatic nitrogens is 1. The molecular weight excluding hydrogens is 438 g/mol. The first-order chi connectivity index (χ1) is 16.3. The molecule has 0 bridgehead atoms. The number of nitrogens with one attached hydrogen (secondary N) is 1. The number of amides is 3. The lowest BCUT2D eigenvalue weighted by atomic mass is 10.0. The largest absolute Gasteiger partial charge is 0.338 e. The predicted molar refractivity (Wildman–Crippen MR) is 126 cm³/mol. The third kappa shape index (κ3) is 5.22. The van der Waals surface area contributed by atoms with Gasteiger partial charge in [-0.15, -0.1) is 0 Å². The van der Waals surface area contributed by atoms with Crippen LogP contribution in [0.3, 0.4) is 0 Å². The van der Waals surface area contributed by atoms with Crippen LogP contribution in [-0.2, 0) is 0 Å². The summed E-state index contributed by atoms with van der Waals surface area (Å²) in [5.74, 6) is -1.32. The fourth-order valence-corrected chi connectivity index (χ4v) is 4.18. The van der Waals surface area contributed by atoms with Crippen LogP contribution in [0, 0.1) is 18.6 Å². The first-order valence-electron chi connectivity index (χ1n) is 11.1. The maximum Gasteiger partial charge on any atom is 0.321 e. The number of pyridine rings is 1. The Morgan fingerprint density at radius 3 is 2.26 bits per heavy atom. The van der Waals surface area contributed by atoms with E-state index in [4.69, 9.17) is 0 Å². The van der Waals surface area contributed by atoms with Gasteiger partial charge in [-0.2, -0.15) is 0 Å². The van der Waals surface area contributed by atoms with E-state index in [2.05, 4.69) is 10.3 Å². The van der Waals surface area contributed by atoms with Gasteiger partial charge in [-0.3, -0.25) is 9.78 Å². The van der Waals surface area contributed by atoms with E-state index in [9.17, 15) is 18.4 Å².